The maximum atomic E-state index is 13.0. The second-order valence-corrected chi connectivity index (χ2v) is 5.71. The van der Waals surface area contributed by atoms with Crippen LogP contribution in [0.5, 0.6) is 0 Å². The molecule has 0 radical (unpaired) electrons. The Kier molecular flexibility index (Phi) is 4.96. The molecule has 1 amide bonds. The molecular formula is C16H16BrFN2O. The van der Waals surface area contributed by atoms with Crippen LogP contribution < -0.4 is 10.6 Å². The number of amides is 1. The number of nitrogens with one attached hydrogen (secondary N) is 2. The van der Waals surface area contributed by atoms with Gasteiger partial charge in [-0.05, 0) is 65.2 Å². The number of aryl methyl sites for hydroxylation is 2. The van der Waals surface area contributed by atoms with E-state index in [-0.39, 0.29) is 18.3 Å². The molecule has 0 aliphatic carbocycles. The predicted molar refractivity (Wildman–Crippen MR) is 87.1 cm³/mol. The molecule has 0 aliphatic rings. The highest BCUT2D eigenvalue weighted by Crippen LogP contribution is 2.27. The van der Waals surface area contributed by atoms with Crippen molar-refractivity contribution in [3.05, 3.63) is 57.8 Å². The van der Waals surface area contributed by atoms with Crippen molar-refractivity contribution in [2.45, 2.75) is 13.8 Å². The van der Waals surface area contributed by atoms with Gasteiger partial charge in [0, 0.05) is 10.2 Å². The minimum absolute atomic E-state index is 0.110. The summed E-state index contributed by atoms with van der Waals surface area (Å²) < 4.78 is 14.0. The summed E-state index contributed by atoms with van der Waals surface area (Å²) in [7, 11) is 0. The van der Waals surface area contributed by atoms with Gasteiger partial charge in [-0.25, -0.2) is 4.39 Å². The summed E-state index contributed by atoms with van der Waals surface area (Å²) in [6.45, 7) is 4.10. The van der Waals surface area contributed by atoms with E-state index in [2.05, 4.69) is 26.6 Å². The van der Waals surface area contributed by atoms with E-state index in [9.17, 15) is 9.18 Å². The number of halogens is 2. The molecule has 2 rings (SSSR count). The summed E-state index contributed by atoms with van der Waals surface area (Å²) in [5, 5.41) is 5.74. The molecule has 0 spiro atoms. The van der Waals surface area contributed by atoms with Crippen LogP contribution in [-0.4, -0.2) is 12.5 Å². The van der Waals surface area contributed by atoms with Gasteiger partial charge in [-0.3, -0.25) is 4.79 Å². The van der Waals surface area contributed by atoms with Gasteiger partial charge in [-0.1, -0.05) is 12.1 Å². The highest BCUT2D eigenvalue weighted by Gasteiger charge is 2.08. The van der Waals surface area contributed by atoms with Crippen molar-refractivity contribution < 1.29 is 9.18 Å². The topological polar surface area (TPSA) is 41.1 Å². The molecule has 0 atom stereocenters. The molecule has 21 heavy (non-hydrogen) atoms. The van der Waals surface area contributed by atoms with Crippen LogP contribution in [0.25, 0.3) is 0 Å². The van der Waals surface area contributed by atoms with Gasteiger partial charge in [0.15, 0.2) is 0 Å². The molecule has 0 fully saturated rings. The van der Waals surface area contributed by atoms with E-state index in [1.165, 1.54) is 12.1 Å². The number of rotatable bonds is 4. The standard InChI is InChI=1S/C16H16BrFN2O/c1-10-6-11(2)16(14(17)7-10)19-9-15(21)20-13-5-3-4-12(18)8-13/h3-8,19H,9H2,1-2H3,(H,20,21). The second kappa shape index (κ2) is 6.72. The Morgan fingerprint density at radius 1 is 1.24 bits per heavy atom. The predicted octanol–water partition coefficient (Wildman–Crippen LogP) is 4.26. The van der Waals surface area contributed by atoms with Gasteiger partial charge in [0.25, 0.3) is 0 Å². The minimum atomic E-state index is -0.377. The van der Waals surface area contributed by atoms with Crippen molar-refractivity contribution in [2.75, 3.05) is 17.2 Å². The molecule has 110 valence electrons. The quantitative estimate of drug-likeness (QED) is 0.864. The molecule has 0 bridgehead atoms. The Morgan fingerprint density at radius 2 is 2.00 bits per heavy atom. The highest BCUT2D eigenvalue weighted by atomic mass is 79.9. The molecule has 0 saturated heterocycles. The van der Waals surface area contributed by atoms with Crippen LogP contribution >= 0.6 is 15.9 Å². The first-order valence-corrected chi connectivity index (χ1v) is 7.31. The average Bonchev–Trinajstić information content (AvgIpc) is 2.37. The highest BCUT2D eigenvalue weighted by molar-refractivity contribution is 9.10. The van der Waals surface area contributed by atoms with Crippen molar-refractivity contribution in [1.29, 1.82) is 0 Å². The van der Waals surface area contributed by atoms with Crippen LogP contribution in [0.4, 0.5) is 15.8 Å². The van der Waals surface area contributed by atoms with Gasteiger partial charge in [0.1, 0.15) is 5.82 Å². The first-order chi connectivity index (χ1) is 9.95. The van der Waals surface area contributed by atoms with E-state index in [1.54, 1.807) is 12.1 Å². The van der Waals surface area contributed by atoms with Crippen LogP contribution in [0.15, 0.2) is 40.9 Å². The third kappa shape index (κ3) is 4.29. The fourth-order valence-corrected chi connectivity index (χ4v) is 2.89. The van der Waals surface area contributed by atoms with E-state index in [0.717, 1.165) is 21.3 Å². The fourth-order valence-electron chi connectivity index (χ4n) is 2.08. The van der Waals surface area contributed by atoms with Crippen molar-refractivity contribution >= 4 is 33.2 Å². The summed E-state index contributed by atoms with van der Waals surface area (Å²) in [4.78, 5) is 11.9. The maximum Gasteiger partial charge on any atom is 0.243 e. The molecule has 2 N–H and O–H groups in total. The van der Waals surface area contributed by atoms with Crippen LogP contribution in [0.1, 0.15) is 11.1 Å². The third-order valence-corrected chi connectivity index (χ3v) is 3.59. The number of benzene rings is 2. The lowest BCUT2D eigenvalue weighted by atomic mass is 10.1. The van der Waals surface area contributed by atoms with Gasteiger partial charge in [0.2, 0.25) is 5.91 Å². The van der Waals surface area contributed by atoms with Crippen molar-refractivity contribution in [2.24, 2.45) is 0 Å². The first kappa shape index (κ1) is 15.5. The fraction of sp³-hybridized carbons (Fsp3) is 0.188. The van der Waals surface area contributed by atoms with Crippen LogP contribution in [0, 0.1) is 19.7 Å². The summed E-state index contributed by atoms with van der Waals surface area (Å²) >= 11 is 3.48. The monoisotopic (exact) mass is 350 g/mol. The molecule has 3 nitrogen and oxygen atoms in total. The Bertz CT molecular complexity index is 650. The van der Waals surface area contributed by atoms with Crippen molar-refractivity contribution in [1.82, 2.24) is 0 Å². The lowest BCUT2D eigenvalue weighted by Crippen LogP contribution is -2.22. The number of anilines is 2. The summed E-state index contributed by atoms with van der Waals surface area (Å²) in [6, 6.07) is 9.84. The normalized spacial score (nSPS) is 10.3. The second-order valence-electron chi connectivity index (χ2n) is 4.85. The minimum Gasteiger partial charge on any atom is -0.375 e. The lowest BCUT2D eigenvalue weighted by molar-refractivity contribution is -0.114. The lowest BCUT2D eigenvalue weighted by Gasteiger charge is -2.13. The third-order valence-electron chi connectivity index (χ3n) is 2.97. The average molecular weight is 351 g/mol. The van der Waals surface area contributed by atoms with Gasteiger partial charge in [-0.2, -0.15) is 0 Å². The molecular weight excluding hydrogens is 335 g/mol. The Morgan fingerprint density at radius 3 is 2.67 bits per heavy atom. The number of carbonyl (C=O) groups excluding carboxylic acids is 1. The molecule has 0 aliphatic heterocycles. The van der Waals surface area contributed by atoms with Crippen LogP contribution in [-0.2, 0) is 4.79 Å². The van der Waals surface area contributed by atoms with E-state index in [1.807, 2.05) is 26.0 Å². The molecule has 2 aromatic rings. The van der Waals surface area contributed by atoms with E-state index < -0.39 is 0 Å². The van der Waals surface area contributed by atoms with Gasteiger partial charge in [-0.15, -0.1) is 0 Å². The largest absolute Gasteiger partial charge is 0.375 e. The summed E-state index contributed by atoms with van der Waals surface area (Å²) in [6.07, 6.45) is 0. The zero-order valence-electron chi connectivity index (χ0n) is 11.8. The Labute approximate surface area is 131 Å². The summed E-state index contributed by atoms with van der Waals surface area (Å²) in [5.74, 6) is -0.606. The van der Waals surface area contributed by atoms with Crippen LogP contribution in [0.3, 0.4) is 0 Å². The number of hydrogen-bond donors (Lipinski definition) is 2. The number of carbonyl (C=O) groups is 1. The molecule has 2 aromatic carbocycles. The smallest absolute Gasteiger partial charge is 0.243 e. The first-order valence-electron chi connectivity index (χ1n) is 6.52. The Balaban J connectivity index is 1.99. The molecule has 0 aromatic heterocycles. The van der Waals surface area contributed by atoms with E-state index >= 15 is 0 Å². The van der Waals surface area contributed by atoms with Crippen LogP contribution in [0.2, 0.25) is 0 Å². The summed E-state index contributed by atoms with van der Waals surface area (Å²) in [5.41, 5.74) is 3.53. The zero-order valence-corrected chi connectivity index (χ0v) is 13.4. The van der Waals surface area contributed by atoms with Gasteiger partial charge < -0.3 is 10.6 Å². The Hall–Kier alpha value is -1.88. The number of hydrogen-bond acceptors (Lipinski definition) is 2. The van der Waals surface area contributed by atoms with Gasteiger partial charge in [0.05, 0.1) is 12.2 Å². The van der Waals surface area contributed by atoms with Crippen molar-refractivity contribution in [3.63, 3.8) is 0 Å². The van der Waals surface area contributed by atoms with E-state index in [4.69, 9.17) is 0 Å². The SMILES string of the molecule is Cc1cc(C)c(NCC(=O)Nc2cccc(F)c2)c(Br)c1. The maximum absolute atomic E-state index is 13.0. The molecule has 0 unspecified atom stereocenters. The molecule has 0 heterocycles. The molecule has 5 heteroatoms. The van der Waals surface area contributed by atoms with Gasteiger partial charge >= 0.3 is 0 Å². The van der Waals surface area contributed by atoms with Crippen molar-refractivity contribution in [3.8, 4) is 0 Å². The zero-order chi connectivity index (χ0) is 15.4. The molecule has 0 saturated carbocycles. The van der Waals surface area contributed by atoms with E-state index in [0.29, 0.717) is 5.69 Å².